The van der Waals surface area contributed by atoms with Gasteiger partial charge in [0, 0.05) is 5.38 Å². The predicted molar refractivity (Wildman–Crippen MR) is 78.9 cm³/mol. The lowest BCUT2D eigenvalue weighted by atomic mass is 10.1. The molecule has 0 aromatic carbocycles. The number of allylic oxidation sites excluding steroid dienone is 1. The first-order chi connectivity index (χ1) is 9.81. The van der Waals surface area contributed by atoms with Crippen LogP contribution in [0.25, 0.3) is 0 Å². The lowest BCUT2D eigenvalue weighted by Crippen LogP contribution is -2.40. The van der Waals surface area contributed by atoms with E-state index >= 15 is 0 Å². The van der Waals surface area contributed by atoms with Crippen molar-refractivity contribution in [2.24, 2.45) is 0 Å². The summed E-state index contributed by atoms with van der Waals surface area (Å²) in [6.45, 7) is 3.49. The average Bonchev–Trinajstić information content (AvgIpc) is 2.93. The van der Waals surface area contributed by atoms with Crippen molar-refractivity contribution in [2.75, 3.05) is 7.05 Å². The normalized spacial score (nSPS) is 12.6. The highest BCUT2D eigenvalue weighted by Gasteiger charge is 2.22. The Morgan fingerprint density at radius 3 is 2.71 bits per heavy atom. The third-order valence-corrected chi connectivity index (χ3v) is 5.11. The summed E-state index contributed by atoms with van der Waals surface area (Å²) in [5, 5.41) is 12.7. The van der Waals surface area contributed by atoms with E-state index in [9.17, 15) is 18.0 Å². The standard InChI is InChI=1S/C12H16N2O5S2/c1-3-4-5-9(12(16)17)14-11(15)10-6-8(7-20-10)21(18,19)13-2/h3,6-7,9,13H,1,4-5H2,2H3,(H,14,15)(H,16,17). The maximum Gasteiger partial charge on any atom is 0.326 e. The van der Waals surface area contributed by atoms with Crippen LogP contribution < -0.4 is 10.0 Å². The molecule has 9 heteroatoms. The zero-order chi connectivity index (χ0) is 16.0. The number of carboxylic acids is 1. The minimum Gasteiger partial charge on any atom is -0.480 e. The Hall–Kier alpha value is -1.71. The molecule has 1 rings (SSSR count). The van der Waals surface area contributed by atoms with Crippen LogP contribution in [0.2, 0.25) is 0 Å². The number of thiophene rings is 1. The van der Waals surface area contributed by atoms with Crippen molar-refractivity contribution in [3.05, 3.63) is 29.0 Å². The Morgan fingerprint density at radius 1 is 1.52 bits per heavy atom. The number of amides is 1. The SMILES string of the molecule is C=CCCC(NC(=O)c1cc(S(=O)(=O)NC)cs1)C(=O)O. The lowest BCUT2D eigenvalue weighted by Gasteiger charge is -2.12. The Bertz CT molecular complexity index is 636. The fourth-order valence-corrected chi connectivity index (χ4v) is 3.37. The average molecular weight is 332 g/mol. The van der Waals surface area contributed by atoms with Crippen molar-refractivity contribution in [3.8, 4) is 0 Å². The van der Waals surface area contributed by atoms with Gasteiger partial charge in [0.05, 0.1) is 9.77 Å². The zero-order valence-corrected chi connectivity index (χ0v) is 13.0. The van der Waals surface area contributed by atoms with Gasteiger partial charge in [-0.2, -0.15) is 0 Å². The topological polar surface area (TPSA) is 113 Å². The van der Waals surface area contributed by atoms with E-state index in [-0.39, 0.29) is 16.2 Å². The second-order valence-corrected chi connectivity index (χ2v) is 6.88. The second kappa shape index (κ2) is 7.34. The van der Waals surface area contributed by atoms with Crippen molar-refractivity contribution in [2.45, 2.75) is 23.8 Å². The quantitative estimate of drug-likeness (QED) is 0.610. The first-order valence-electron chi connectivity index (χ1n) is 5.98. The second-order valence-electron chi connectivity index (χ2n) is 4.08. The summed E-state index contributed by atoms with van der Waals surface area (Å²) < 4.78 is 25.3. The third kappa shape index (κ3) is 4.66. The summed E-state index contributed by atoms with van der Waals surface area (Å²) in [4.78, 5) is 23.1. The van der Waals surface area contributed by atoms with Gasteiger partial charge in [-0.25, -0.2) is 17.9 Å². The van der Waals surface area contributed by atoms with Crippen molar-refractivity contribution in [1.82, 2.24) is 10.0 Å². The number of carboxylic acid groups (broad SMARTS) is 1. The number of hydrogen-bond acceptors (Lipinski definition) is 5. The van der Waals surface area contributed by atoms with Crippen LogP contribution >= 0.6 is 11.3 Å². The van der Waals surface area contributed by atoms with Crippen LogP contribution in [0.4, 0.5) is 0 Å². The van der Waals surface area contributed by atoms with Crippen LogP contribution in [0.5, 0.6) is 0 Å². The summed E-state index contributed by atoms with van der Waals surface area (Å²) in [5.74, 6) is -1.76. The molecule has 1 unspecified atom stereocenters. The molecule has 21 heavy (non-hydrogen) atoms. The van der Waals surface area contributed by atoms with E-state index in [4.69, 9.17) is 5.11 Å². The summed E-state index contributed by atoms with van der Waals surface area (Å²) >= 11 is 0.933. The molecular formula is C12H16N2O5S2. The van der Waals surface area contributed by atoms with Crippen molar-refractivity contribution < 1.29 is 23.1 Å². The predicted octanol–water partition coefficient (Wildman–Crippen LogP) is 0.805. The third-order valence-electron chi connectivity index (χ3n) is 2.64. The summed E-state index contributed by atoms with van der Waals surface area (Å²) in [7, 11) is -2.35. The fourth-order valence-electron chi connectivity index (χ4n) is 1.47. The molecule has 0 saturated heterocycles. The maximum absolute atomic E-state index is 11.9. The number of nitrogens with one attached hydrogen (secondary N) is 2. The molecule has 1 amide bonds. The van der Waals surface area contributed by atoms with E-state index in [0.717, 1.165) is 11.3 Å². The van der Waals surface area contributed by atoms with Crippen molar-refractivity contribution in [3.63, 3.8) is 0 Å². The molecule has 1 atom stereocenters. The molecular weight excluding hydrogens is 316 g/mol. The van der Waals surface area contributed by atoms with Gasteiger partial charge >= 0.3 is 5.97 Å². The molecule has 0 saturated carbocycles. The van der Waals surface area contributed by atoms with E-state index in [0.29, 0.717) is 6.42 Å². The Balaban J connectivity index is 2.84. The summed E-state index contributed by atoms with van der Waals surface area (Å²) in [6.07, 6.45) is 2.23. The highest BCUT2D eigenvalue weighted by Crippen LogP contribution is 2.19. The molecule has 3 N–H and O–H groups in total. The maximum atomic E-state index is 11.9. The Morgan fingerprint density at radius 2 is 2.19 bits per heavy atom. The van der Waals surface area contributed by atoms with Crippen LogP contribution in [-0.2, 0) is 14.8 Å². The molecule has 0 fully saturated rings. The van der Waals surface area contributed by atoms with Crippen molar-refractivity contribution >= 4 is 33.2 Å². The van der Waals surface area contributed by atoms with Crippen LogP contribution in [0, 0.1) is 0 Å². The summed E-state index contributed by atoms with van der Waals surface area (Å²) in [5.41, 5.74) is 0. The molecule has 1 heterocycles. The first kappa shape index (κ1) is 17.3. The molecule has 0 bridgehead atoms. The lowest BCUT2D eigenvalue weighted by molar-refractivity contribution is -0.139. The monoisotopic (exact) mass is 332 g/mol. The van der Waals surface area contributed by atoms with E-state index in [1.165, 1.54) is 18.5 Å². The van der Waals surface area contributed by atoms with Crippen LogP contribution in [0.15, 0.2) is 29.0 Å². The molecule has 7 nitrogen and oxygen atoms in total. The number of carbonyl (C=O) groups is 2. The van der Waals surface area contributed by atoms with Gasteiger partial charge < -0.3 is 10.4 Å². The van der Waals surface area contributed by atoms with Crippen LogP contribution in [0.1, 0.15) is 22.5 Å². The Kier molecular flexibility index (Phi) is 6.06. The molecule has 1 aromatic rings. The van der Waals surface area contributed by atoms with Crippen molar-refractivity contribution in [1.29, 1.82) is 0 Å². The van der Waals surface area contributed by atoms with Gasteiger partial charge in [-0.1, -0.05) is 6.08 Å². The summed E-state index contributed by atoms with van der Waals surface area (Å²) in [6, 6.07) is 0.167. The molecule has 0 aliphatic heterocycles. The molecule has 0 radical (unpaired) electrons. The van der Waals surface area contributed by atoms with E-state index in [1.807, 2.05) is 0 Å². The van der Waals surface area contributed by atoms with Crippen LogP contribution in [-0.4, -0.2) is 38.5 Å². The van der Waals surface area contributed by atoms with Gasteiger partial charge in [-0.15, -0.1) is 17.9 Å². The van der Waals surface area contributed by atoms with Gasteiger partial charge in [0.2, 0.25) is 10.0 Å². The number of hydrogen-bond donors (Lipinski definition) is 3. The van der Waals surface area contributed by atoms with Gasteiger partial charge in [-0.3, -0.25) is 4.79 Å². The number of rotatable bonds is 8. The Labute approximate surface area is 126 Å². The minimum absolute atomic E-state index is 0.0295. The van der Waals surface area contributed by atoms with E-state index in [1.54, 1.807) is 6.08 Å². The highest BCUT2D eigenvalue weighted by molar-refractivity contribution is 7.89. The van der Waals surface area contributed by atoms with Crippen LogP contribution in [0.3, 0.4) is 0 Å². The zero-order valence-electron chi connectivity index (χ0n) is 11.3. The minimum atomic E-state index is -3.62. The van der Waals surface area contributed by atoms with Gasteiger partial charge in [-0.05, 0) is 26.0 Å². The largest absolute Gasteiger partial charge is 0.480 e. The van der Waals surface area contributed by atoms with E-state index in [2.05, 4.69) is 16.6 Å². The van der Waals surface area contributed by atoms with E-state index < -0.39 is 27.9 Å². The fraction of sp³-hybridized carbons (Fsp3) is 0.333. The molecule has 0 aliphatic carbocycles. The molecule has 1 aromatic heterocycles. The number of aliphatic carboxylic acids is 1. The first-order valence-corrected chi connectivity index (χ1v) is 8.34. The highest BCUT2D eigenvalue weighted by atomic mass is 32.2. The number of carbonyl (C=O) groups excluding carboxylic acids is 1. The van der Waals surface area contributed by atoms with Gasteiger partial charge in [0.1, 0.15) is 6.04 Å². The molecule has 116 valence electrons. The molecule has 0 spiro atoms. The molecule has 0 aliphatic rings. The smallest absolute Gasteiger partial charge is 0.326 e. The van der Waals surface area contributed by atoms with Gasteiger partial charge in [0.15, 0.2) is 0 Å². The number of sulfonamides is 1. The van der Waals surface area contributed by atoms with Gasteiger partial charge in [0.25, 0.3) is 5.91 Å².